The van der Waals surface area contributed by atoms with Gasteiger partial charge in [-0.25, -0.2) is 9.37 Å². The number of halogens is 1. The van der Waals surface area contributed by atoms with Crippen LogP contribution in [0.15, 0.2) is 24.7 Å². The van der Waals surface area contributed by atoms with Gasteiger partial charge in [-0.2, -0.15) is 10.1 Å². The Morgan fingerprint density at radius 1 is 1.19 bits per heavy atom. The van der Waals surface area contributed by atoms with E-state index < -0.39 is 0 Å². The molecule has 3 aromatic heterocycles. The van der Waals surface area contributed by atoms with E-state index in [1.807, 2.05) is 38.9 Å². The van der Waals surface area contributed by atoms with E-state index in [0.717, 1.165) is 11.1 Å². The van der Waals surface area contributed by atoms with Crippen molar-refractivity contribution >= 4 is 23.4 Å². The number of nitrogens with one attached hydrogen (secondary N) is 2. The van der Waals surface area contributed by atoms with Crippen LogP contribution < -0.4 is 15.5 Å². The molecule has 0 spiro atoms. The maximum absolute atomic E-state index is 13.7. The molecule has 0 radical (unpaired) electrons. The number of amides is 1. The molecule has 168 valence electrons. The fourth-order valence-corrected chi connectivity index (χ4v) is 3.88. The topological polar surface area (TPSA) is 101 Å². The fraction of sp³-hybridized carbons (Fsp3) is 0.409. The molecule has 0 unspecified atom stereocenters. The third-order valence-electron chi connectivity index (χ3n) is 5.53. The van der Waals surface area contributed by atoms with Crippen LogP contribution in [0.25, 0.3) is 0 Å². The first-order valence-corrected chi connectivity index (χ1v) is 10.5. The smallest absolute Gasteiger partial charge is 0.247 e. The average molecular weight is 439 g/mol. The zero-order chi connectivity index (χ0) is 23.0. The number of carbonyl (C=O) groups excluding carboxylic acids is 1. The van der Waals surface area contributed by atoms with E-state index in [1.165, 1.54) is 6.07 Å². The van der Waals surface area contributed by atoms with Gasteiger partial charge in [-0.05, 0) is 31.4 Å². The van der Waals surface area contributed by atoms with Gasteiger partial charge in [0.05, 0.1) is 24.1 Å². The zero-order valence-electron chi connectivity index (χ0n) is 18.8. The Balaban J connectivity index is 1.46. The summed E-state index contributed by atoms with van der Waals surface area (Å²) in [6.45, 7) is 8.41. The van der Waals surface area contributed by atoms with Gasteiger partial charge in [-0.15, -0.1) is 0 Å². The number of hydrogen-bond donors (Lipinski definition) is 2. The number of hydrogen-bond acceptors (Lipinski definition) is 7. The number of aryl methyl sites for hydroxylation is 2. The van der Waals surface area contributed by atoms with Crippen molar-refractivity contribution in [1.82, 2.24) is 24.7 Å². The number of carbonyl (C=O) groups is 1. The summed E-state index contributed by atoms with van der Waals surface area (Å²) in [5.74, 6) is 0.950. The number of aromatic nitrogens is 5. The van der Waals surface area contributed by atoms with Crippen molar-refractivity contribution in [2.45, 2.75) is 46.8 Å². The SMILES string of the molecule is Cc1ncc(Cn2cc(CNc3nc(C)c4c(n3)N(C)[C@@H](C(C)C)C(=O)N4)cn2)cc1F. The molecule has 32 heavy (non-hydrogen) atoms. The van der Waals surface area contributed by atoms with Crippen LogP contribution in [0.1, 0.15) is 36.4 Å². The molecule has 4 rings (SSSR count). The summed E-state index contributed by atoms with van der Waals surface area (Å²) in [6.07, 6.45) is 5.29. The Morgan fingerprint density at radius 2 is 1.97 bits per heavy atom. The molecule has 1 aliphatic rings. The lowest BCUT2D eigenvalue weighted by molar-refractivity contribution is -0.118. The van der Waals surface area contributed by atoms with E-state index in [-0.39, 0.29) is 23.7 Å². The molecule has 0 bridgehead atoms. The number of rotatable bonds is 6. The number of nitrogens with zero attached hydrogens (tertiary/aromatic N) is 6. The highest BCUT2D eigenvalue weighted by Crippen LogP contribution is 2.34. The second kappa shape index (κ2) is 8.52. The van der Waals surface area contributed by atoms with Crippen molar-refractivity contribution in [3.05, 3.63) is 53.0 Å². The lowest BCUT2D eigenvalue weighted by Gasteiger charge is -2.36. The molecule has 3 aromatic rings. The van der Waals surface area contributed by atoms with Gasteiger partial charge in [0.15, 0.2) is 5.82 Å². The second-order valence-electron chi connectivity index (χ2n) is 8.43. The maximum atomic E-state index is 13.7. The van der Waals surface area contributed by atoms with Crippen LogP contribution in [-0.2, 0) is 17.9 Å². The number of anilines is 3. The Labute approximate surface area is 186 Å². The second-order valence-corrected chi connectivity index (χ2v) is 8.43. The van der Waals surface area contributed by atoms with E-state index in [2.05, 4.69) is 30.7 Å². The predicted molar refractivity (Wildman–Crippen MR) is 120 cm³/mol. The Bertz CT molecular complexity index is 1160. The van der Waals surface area contributed by atoms with Crippen molar-refractivity contribution in [2.24, 2.45) is 5.92 Å². The van der Waals surface area contributed by atoms with E-state index >= 15 is 0 Å². The van der Waals surface area contributed by atoms with Crippen molar-refractivity contribution in [3.8, 4) is 0 Å². The molecule has 0 aromatic carbocycles. The van der Waals surface area contributed by atoms with Gasteiger partial charge in [0.25, 0.3) is 0 Å². The van der Waals surface area contributed by atoms with Crippen LogP contribution in [0.2, 0.25) is 0 Å². The summed E-state index contributed by atoms with van der Waals surface area (Å²) in [6, 6.07) is 1.19. The Kier molecular flexibility index (Phi) is 5.77. The first kappa shape index (κ1) is 21.7. The van der Waals surface area contributed by atoms with E-state index in [1.54, 1.807) is 24.0 Å². The number of pyridine rings is 1. The van der Waals surface area contributed by atoms with Gasteiger partial charge < -0.3 is 15.5 Å². The molecule has 2 N–H and O–H groups in total. The molecule has 0 fully saturated rings. The minimum Gasteiger partial charge on any atom is -0.350 e. The van der Waals surface area contributed by atoms with Crippen molar-refractivity contribution in [3.63, 3.8) is 0 Å². The van der Waals surface area contributed by atoms with Gasteiger partial charge in [0.1, 0.15) is 17.5 Å². The molecular formula is C22H27FN8O. The van der Waals surface area contributed by atoms with Gasteiger partial charge in [0, 0.05) is 31.5 Å². The normalized spacial score (nSPS) is 15.7. The predicted octanol–water partition coefficient (Wildman–Crippen LogP) is 2.90. The lowest BCUT2D eigenvalue weighted by atomic mass is 9.99. The minimum absolute atomic E-state index is 0.0431. The van der Waals surface area contributed by atoms with Crippen LogP contribution in [0.3, 0.4) is 0 Å². The van der Waals surface area contributed by atoms with E-state index in [0.29, 0.717) is 41.9 Å². The molecule has 0 aliphatic carbocycles. The van der Waals surface area contributed by atoms with Crippen LogP contribution in [0.5, 0.6) is 0 Å². The molecule has 9 nitrogen and oxygen atoms in total. The molecule has 1 amide bonds. The summed E-state index contributed by atoms with van der Waals surface area (Å²) in [5, 5.41) is 10.5. The summed E-state index contributed by atoms with van der Waals surface area (Å²) in [5.41, 5.74) is 3.40. The average Bonchev–Trinajstić information content (AvgIpc) is 3.17. The van der Waals surface area contributed by atoms with Gasteiger partial charge >= 0.3 is 0 Å². The highest BCUT2D eigenvalue weighted by molar-refractivity contribution is 6.03. The summed E-state index contributed by atoms with van der Waals surface area (Å²) >= 11 is 0. The van der Waals surface area contributed by atoms with Crippen molar-refractivity contribution < 1.29 is 9.18 Å². The molecule has 1 atom stereocenters. The molecule has 10 heteroatoms. The van der Waals surface area contributed by atoms with Crippen LogP contribution in [0.4, 0.5) is 21.8 Å². The van der Waals surface area contributed by atoms with Gasteiger partial charge in [-0.1, -0.05) is 13.8 Å². The monoisotopic (exact) mass is 438 g/mol. The zero-order valence-corrected chi connectivity index (χ0v) is 18.8. The standard InChI is InChI=1S/C22H27FN8O/c1-12(2)19-21(32)28-18-14(4)27-22(29-20(18)30(19)5)25-8-16-9-26-31(11-16)10-15-6-17(23)13(3)24-7-15/h6-7,9,11-12,19H,8,10H2,1-5H3,(H,28,32)(H,25,27,29)/t19-/m0/s1. The Hall–Kier alpha value is -3.56. The summed E-state index contributed by atoms with van der Waals surface area (Å²) < 4.78 is 15.5. The summed E-state index contributed by atoms with van der Waals surface area (Å²) in [4.78, 5) is 27.6. The largest absolute Gasteiger partial charge is 0.350 e. The first-order valence-electron chi connectivity index (χ1n) is 10.5. The van der Waals surface area contributed by atoms with Gasteiger partial charge in [-0.3, -0.25) is 14.5 Å². The molecule has 0 saturated heterocycles. The van der Waals surface area contributed by atoms with Crippen LogP contribution in [-0.4, -0.2) is 43.7 Å². The third kappa shape index (κ3) is 4.25. The highest BCUT2D eigenvalue weighted by Gasteiger charge is 2.35. The van der Waals surface area contributed by atoms with Crippen molar-refractivity contribution in [2.75, 3.05) is 22.6 Å². The van der Waals surface area contributed by atoms with Crippen LogP contribution in [0, 0.1) is 25.6 Å². The first-order chi connectivity index (χ1) is 15.2. The van der Waals surface area contributed by atoms with Crippen LogP contribution >= 0.6 is 0 Å². The lowest BCUT2D eigenvalue weighted by Crippen LogP contribution is -2.49. The molecule has 4 heterocycles. The molecule has 0 saturated carbocycles. The Morgan fingerprint density at radius 3 is 2.69 bits per heavy atom. The minimum atomic E-state index is -0.322. The maximum Gasteiger partial charge on any atom is 0.247 e. The highest BCUT2D eigenvalue weighted by atomic mass is 19.1. The molecule has 1 aliphatic heterocycles. The van der Waals surface area contributed by atoms with Crippen molar-refractivity contribution in [1.29, 1.82) is 0 Å². The summed E-state index contributed by atoms with van der Waals surface area (Å²) in [7, 11) is 1.88. The number of likely N-dealkylation sites (N-methyl/N-ethyl adjacent to an activating group) is 1. The van der Waals surface area contributed by atoms with E-state index in [9.17, 15) is 9.18 Å². The van der Waals surface area contributed by atoms with E-state index in [4.69, 9.17) is 0 Å². The number of fused-ring (bicyclic) bond motifs is 1. The quantitative estimate of drug-likeness (QED) is 0.610. The van der Waals surface area contributed by atoms with Gasteiger partial charge in [0.2, 0.25) is 11.9 Å². The fourth-order valence-electron chi connectivity index (χ4n) is 3.88. The third-order valence-corrected chi connectivity index (χ3v) is 5.53. The molecular weight excluding hydrogens is 411 g/mol.